The first kappa shape index (κ1) is 18.3. The van der Waals surface area contributed by atoms with Crippen LogP contribution in [-0.2, 0) is 11.3 Å². The van der Waals surface area contributed by atoms with E-state index in [1.165, 1.54) is 18.3 Å². The predicted molar refractivity (Wildman–Crippen MR) is 107 cm³/mol. The van der Waals surface area contributed by atoms with E-state index in [2.05, 4.69) is 15.6 Å². The molecule has 3 aromatic rings. The number of carbonyl (C=O) groups excluding carboxylic acids is 2. The van der Waals surface area contributed by atoms with Crippen LogP contribution in [0.1, 0.15) is 32.6 Å². The van der Waals surface area contributed by atoms with Crippen LogP contribution in [0.25, 0.3) is 10.6 Å². The van der Waals surface area contributed by atoms with Crippen molar-refractivity contribution >= 4 is 39.6 Å². The molecule has 0 saturated heterocycles. The van der Waals surface area contributed by atoms with Gasteiger partial charge in [0, 0.05) is 22.2 Å². The second-order valence-electron chi connectivity index (χ2n) is 5.92. The quantitative estimate of drug-likeness (QED) is 0.685. The van der Waals surface area contributed by atoms with E-state index in [1.54, 1.807) is 17.4 Å². The minimum atomic E-state index is -0.161. The number of hydrogen-bond acceptors (Lipinski definition) is 5. The number of aromatic nitrogens is 1. The number of benzene rings is 1. The van der Waals surface area contributed by atoms with Gasteiger partial charge in [0.15, 0.2) is 5.13 Å². The zero-order chi connectivity index (χ0) is 18.7. The second kappa shape index (κ2) is 7.80. The highest BCUT2D eigenvalue weighted by Crippen LogP contribution is 2.34. The van der Waals surface area contributed by atoms with Crippen LogP contribution >= 0.6 is 22.7 Å². The number of hydrogen-bond donors (Lipinski definition) is 2. The fourth-order valence-corrected chi connectivity index (χ4v) is 4.33. The van der Waals surface area contributed by atoms with Crippen LogP contribution in [0.15, 0.2) is 36.4 Å². The zero-order valence-corrected chi connectivity index (χ0v) is 16.4. The summed E-state index contributed by atoms with van der Waals surface area (Å²) in [5.74, 6) is -0.211. The molecule has 2 N–H and O–H groups in total. The molecule has 26 heavy (non-hydrogen) atoms. The van der Waals surface area contributed by atoms with Crippen molar-refractivity contribution in [3.63, 3.8) is 0 Å². The van der Waals surface area contributed by atoms with E-state index in [4.69, 9.17) is 0 Å². The normalized spacial score (nSPS) is 10.6. The third-order valence-electron chi connectivity index (χ3n) is 3.70. The highest BCUT2D eigenvalue weighted by Gasteiger charge is 2.15. The topological polar surface area (TPSA) is 71.1 Å². The smallest absolute Gasteiger partial charge is 0.257 e. The van der Waals surface area contributed by atoms with Crippen LogP contribution < -0.4 is 10.6 Å². The highest BCUT2D eigenvalue weighted by atomic mass is 32.1. The molecule has 7 heteroatoms. The van der Waals surface area contributed by atoms with Crippen molar-refractivity contribution in [2.75, 3.05) is 5.32 Å². The Kier molecular flexibility index (Phi) is 5.49. The molecule has 0 fully saturated rings. The van der Waals surface area contributed by atoms with Crippen LogP contribution in [0.3, 0.4) is 0 Å². The lowest BCUT2D eigenvalue weighted by atomic mass is 10.1. The summed E-state index contributed by atoms with van der Waals surface area (Å²) in [6, 6.07) is 11.4. The number of rotatable bonds is 5. The maximum atomic E-state index is 12.4. The summed E-state index contributed by atoms with van der Waals surface area (Å²) < 4.78 is 0. The molecule has 5 nitrogen and oxygen atoms in total. The van der Waals surface area contributed by atoms with Crippen LogP contribution in [0, 0.1) is 13.8 Å². The SMILES string of the molecule is CC(=O)NCc1ccc(-c2nc(NC(=O)c3cccc(C)c3)sc2C)s1. The molecule has 0 aliphatic rings. The third-order valence-corrected chi connectivity index (χ3v) is 5.68. The molecule has 134 valence electrons. The fraction of sp³-hybridized carbons (Fsp3) is 0.211. The van der Waals surface area contributed by atoms with Gasteiger partial charge in [-0.25, -0.2) is 4.98 Å². The summed E-state index contributed by atoms with van der Waals surface area (Å²) in [7, 11) is 0. The number of amides is 2. The maximum absolute atomic E-state index is 12.4. The van der Waals surface area contributed by atoms with E-state index < -0.39 is 0 Å². The van der Waals surface area contributed by atoms with Gasteiger partial charge in [-0.2, -0.15) is 0 Å². The van der Waals surface area contributed by atoms with Crippen LogP contribution in [0.5, 0.6) is 0 Å². The number of anilines is 1. The molecule has 3 rings (SSSR count). The molecule has 1 aromatic carbocycles. The Morgan fingerprint density at radius 3 is 2.65 bits per heavy atom. The van der Waals surface area contributed by atoms with Crippen molar-refractivity contribution in [3.05, 3.63) is 57.3 Å². The summed E-state index contributed by atoms with van der Waals surface area (Å²) >= 11 is 3.05. The first-order chi connectivity index (χ1) is 12.4. The summed E-state index contributed by atoms with van der Waals surface area (Å²) in [5, 5.41) is 6.26. The van der Waals surface area contributed by atoms with Gasteiger partial charge in [0.05, 0.1) is 17.1 Å². The minimum Gasteiger partial charge on any atom is -0.351 e. The Morgan fingerprint density at radius 2 is 1.92 bits per heavy atom. The minimum absolute atomic E-state index is 0.0501. The Labute approximate surface area is 160 Å². The van der Waals surface area contributed by atoms with Gasteiger partial charge >= 0.3 is 0 Å². The molecule has 0 unspecified atom stereocenters. The average Bonchev–Trinajstić information content (AvgIpc) is 3.19. The monoisotopic (exact) mass is 385 g/mol. The average molecular weight is 386 g/mol. The van der Waals surface area contributed by atoms with E-state index in [9.17, 15) is 9.59 Å². The molecule has 0 aliphatic heterocycles. The zero-order valence-electron chi connectivity index (χ0n) is 14.8. The Bertz CT molecular complexity index is 959. The second-order valence-corrected chi connectivity index (χ2v) is 8.29. The molecule has 2 amide bonds. The van der Waals surface area contributed by atoms with Gasteiger partial charge in [-0.3, -0.25) is 14.9 Å². The number of nitrogens with zero attached hydrogens (tertiary/aromatic N) is 1. The van der Waals surface area contributed by atoms with E-state index in [0.717, 1.165) is 25.9 Å². The third kappa shape index (κ3) is 4.36. The summed E-state index contributed by atoms with van der Waals surface area (Å²) in [4.78, 5) is 31.1. The molecule has 0 aliphatic carbocycles. The van der Waals surface area contributed by atoms with Crippen LogP contribution in [-0.4, -0.2) is 16.8 Å². The lowest BCUT2D eigenvalue weighted by Crippen LogP contribution is -2.17. The molecule has 0 saturated carbocycles. The van der Waals surface area contributed by atoms with Crippen molar-refractivity contribution in [2.45, 2.75) is 27.3 Å². The first-order valence-electron chi connectivity index (χ1n) is 8.11. The number of thiophene rings is 1. The van der Waals surface area contributed by atoms with Gasteiger partial charge in [-0.15, -0.1) is 22.7 Å². The predicted octanol–water partition coefficient (Wildman–Crippen LogP) is 4.38. The van der Waals surface area contributed by atoms with Gasteiger partial charge in [0.2, 0.25) is 5.91 Å². The van der Waals surface area contributed by atoms with Gasteiger partial charge in [0.25, 0.3) is 5.91 Å². The Balaban J connectivity index is 1.75. The van der Waals surface area contributed by atoms with E-state index in [0.29, 0.717) is 17.2 Å². The van der Waals surface area contributed by atoms with Crippen molar-refractivity contribution in [1.29, 1.82) is 0 Å². The molecule has 0 atom stereocenters. The van der Waals surface area contributed by atoms with E-state index in [-0.39, 0.29) is 11.8 Å². The lowest BCUT2D eigenvalue weighted by Gasteiger charge is -2.02. The Hall–Kier alpha value is -2.51. The van der Waals surface area contributed by atoms with Crippen molar-refractivity contribution < 1.29 is 9.59 Å². The van der Waals surface area contributed by atoms with E-state index >= 15 is 0 Å². The summed E-state index contributed by atoms with van der Waals surface area (Å²) in [6.07, 6.45) is 0. The highest BCUT2D eigenvalue weighted by molar-refractivity contribution is 7.18. The van der Waals surface area contributed by atoms with Crippen LogP contribution in [0.4, 0.5) is 5.13 Å². The summed E-state index contributed by atoms with van der Waals surface area (Å²) in [5.41, 5.74) is 2.53. The van der Waals surface area contributed by atoms with Crippen molar-refractivity contribution in [2.24, 2.45) is 0 Å². The fourth-order valence-electron chi connectivity index (χ4n) is 2.45. The molecular weight excluding hydrogens is 366 g/mol. The first-order valence-corrected chi connectivity index (χ1v) is 9.74. The number of aryl methyl sites for hydroxylation is 2. The molecule has 2 heterocycles. The lowest BCUT2D eigenvalue weighted by molar-refractivity contribution is -0.119. The largest absolute Gasteiger partial charge is 0.351 e. The van der Waals surface area contributed by atoms with Crippen LogP contribution in [0.2, 0.25) is 0 Å². The maximum Gasteiger partial charge on any atom is 0.257 e. The molecule has 2 aromatic heterocycles. The molecular formula is C19H19N3O2S2. The van der Waals surface area contributed by atoms with Gasteiger partial charge in [0.1, 0.15) is 0 Å². The Morgan fingerprint density at radius 1 is 1.12 bits per heavy atom. The molecule has 0 spiro atoms. The molecule has 0 bridgehead atoms. The van der Waals surface area contributed by atoms with Crippen molar-refractivity contribution in [3.8, 4) is 10.6 Å². The number of carbonyl (C=O) groups is 2. The molecule has 0 radical (unpaired) electrons. The summed E-state index contributed by atoms with van der Waals surface area (Å²) in [6.45, 7) is 5.96. The standard InChI is InChI=1S/C19H19N3O2S2/c1-11-5-4-6-14(9-11)18(24)22-19-21-17(12(2)25-19)16-8-7-15(26-16)10-20-13(3)23/h4-9H,10H2,1-3H3,(H,20,23)(H,21,22,24). The van der Waals surface area contributed by atoms with Gasteiger partial charge in [-0.1, -0.05) is 17.7 Å². The number of nitrogens with one attached hydrogen (secondary N) is 2. The van der Waals surface area contributed by atoms with E-state index in [1.807, 2.05) is 44.2 Å². The van der Waals surface area contributed by atoms with Gasteiger partial charge in [-0.05, 0) is 38.1 Å². The number of thiazole rings is 1. The van der Waals surface area contributed by atoms with Gasteiger partial charge < -0.3 is 5.32 Å². The van der Waals surface area contributed by atoms with Crippen molar-refractivity contribution in [1.82, 2.24) is 10.3 Å².